The van der Waals surface area contributed by atoms with Gasteiger partial charge in [-0.2, -0.15) is 8.42 Å². The first-order valence-electron chi connectivity index (χ1n) is 4.35. The number of Topliss-reactive ketones (excluding diaryl/α,β-unsaturated/α-hetero) is 1. The number of rotatable bonds is 7. The molecule has 0 saturated heterocycles. The van der Waals surface area contributed by atoms with Crippen LogP contribution in [0.5, 0.6) is 0 Å². The summed E-state index contributed by atoms with van der Waals surface area (Å²) >= 11 is 0. The fourth-order valence-electron chi connectivity index (χ4n) is 1.03. The van der Waals surface area contributed by atoms with Crippen LogP contribution in [0.25, 0.3) is 0 Å². The van der Waals surface area contributed by atoms with Gasteiger partial charge in [0.25, 0.3) is 10.1 Å². The van der Waals surface area contributed by atoms with Crippen molar-refractivity contribution >= 4 is 21.9 Å². The van der Waals surface area contributed by atoms with E-state index in [0.717, 1.165) is 14.2 Å². The molecule has 0 aliphatic carbocycles. The number of hydrogen-bond donors (Lipinski definition) is 1. The number of aliphatic hydroxyl groups is 1. The first-order valence-corrected chi connectivity index (χ1v) is 5.92. The summed E-state index contributed by atoms with van der Waals surface area (Å²) < 4.78 is 30.7. The van der Waals surface area contributed by atoms with E-state index < -0.39 is 46.6 Å². The zero-order valence-electron chi connectivity index (χ0n) is 9.00. The van der Waals surface area contributed by atoms with Gasteiger partial charge in [0.15, 0.2) is 5.78 Å². The predicted octanol–water partition coefficient (Wildman–Crippen LogP) is -1.30. The van der Waals surface area contributed by atoms with Crippen LogP contribution < -0.4 is 0 Å². The zero-order chi connectivity index (χ0) is 12.8. The van der Waals surface area contributed by atoms with Gasteiger partial charge in [0.05, 0.1) is 25.9 Å². The average Bonchev–Trinajstić information content (AvgIpc) is 2.26. The first kappa shape index (κ1) is 15.0. The minimum Gasteiger partial charge on any atom is -0.469 e. The number of carbonyl (C=O) groups is 2. The molecule has 0 bridgehead atoms. The quantitative estimate of drug-likeness (QED) is 0.444. The van der Waals surface area contributed by atoms with Gasteiger partial charge in [-0.25, -0.2) is 0 Å². The van der Waals surface area contributed by atoms with Crippen molar-refractivity contribution in [3.8, 4) is 0 Å². The molecule has 7 nitrogen and oxygen atoms in total. The lowest BCUT2D eigenvalue weighted by atomic mass is 10.1. The number of hydrogen-bond acceptors (Lipinski definition) is 7. The monoisotopic (exact) mass is 254 g/mol. The molecule has 0 saturated carbocycles. The molecular formula is C8H14O7S. The molecule has 0 heterocycles. The second kappa shape index (κ2) is 6.56. The van der Waals surface area contributed by atoms with Gasteiger partial charge in [0.2, 0.25) is 0 Å². The van der Waals surface area contributed by atoms with Crippen LogP contribution in [0.3, 0.4) is 0 Å². The van der Waals surface area contributed by atoms with Crippen LogP contribution in [-0.4, -0.2) is 51.9 Å². The molecular weight excluding hydrogens is 240 g/mol. The van der Waals surface area contributed by atoms with Gasteiger partial charge >= 0.3 is 5.97 Å². The molecule has 8 heteroatoms. The van der Waals surface area contributed by atoms with E-state index in [2.05, 4.69) is 8.92 Å². The Morgan fingerprint density at radius 1 is 1.31 bits per heavy atom. The van der Waals surface area contributed by atoms with Gasteiger partial charge < -0.3 is 9.84 Å². The van der Waals surface area contributed by atoms with Crippen molar-refractivity contribution in [3.63, 3.8) is 0 Å². The van der Waals surface area contributed by atoms with Crippen molar-refractivity contribution < 1.29 is 32.0 Å². The number of aliphatic hydroxyl groups excluding tert-OH is 1. The van der Waals surface area contributed by atoms with Gasteiger partial charge in [-0.15, -0.1) is 0 Å². The molecule has 0 aliphatic rings. The lowest BCUT2D eigenvalue weighted by Gasteiger charge is -2.12. The maximum atomic E-state index is 11.2. The van der Waals surface area contributed by atoms with E-state index in [1.165, 1.54) is 0 Å². The third kappa shape index (κ3) is 5.19. The van der Waals surface area contributed by atoms with Crippen LogP contribution in [0, 0.1) is 5.92 Å². The van der Waals surface area contributed by atoms with Crippen LogP contribution >= 0.6 is 0 Å². The summed E-state index contributed by atoms with van der Waals surface area (Å²) in [4.78, 5) is 22.1. The van der Waals surface area contributed by atoms with Crippen LogP contribution in [0.15, 0.2) is 0 Å². The van der Waals surface area contributed by atoms with Gasteiger partial charge in [-0.05, 0) is 0 Å². The predicted molar refractivity (Wildman–Crippen MR) is 53.0 cm³/mol. The summed E-state index contributed by atoms with van der Waals surface area (Å²) in [5.74, 6) is -3.28. The summed E-state index contributed by atoms with van der Waals surface area (Å²) in [7, 11) is -1.82. The van der Waals surface area contributed by atoms with E-state index in [9.17, 15) is 18.0 Å². The fourth-order valence-corrected chi connectivity index (χ4v) is 1.91. The second-order valence-electron chi connectivity index (χ2n) is 3.01. The maximum absolute atomic E-state index is 11.2. The summed E-state index contributed by atoms with van der Waals surface area (Å²) in [5, 5.41) is 8.51. The highest BCUT2D eigenvalue weighted by molar-refractivity contribution is 7.86. The minimum absolute atomic E-state index is 0.397. The Kier molecular flexibility index (Phi) is 6.16. The Morgan fingerprint density at radius 3 is 2.25 bits per heavy atom. The summed E-state index contributed by atoms with van der Waals surface area (Å²) in [5.41, 5.74) is 0. The van der Waals surface area contributed by atoms with Gasteiger partial charge in [-0.3, -0.25) is 13.8 Å². The second-order valence-corrected chi connectivity index (χ2v) is 4.79. The fraction of sp³-hybridized carbons (Fsp3) is 0.750. The average molecular weight is 254 g/mol. The molecule has 0 amide bonds. The standard InChI is InChI=1S/C8H14O7S/c1-14-8(11)6(3-7(10)4-9)5-16(12,13)15-2/h6,9H,3-5H2,1-2H3. The lowest BCUT2D eigenvalue weighted by molar-refractivity contribution is -0.146. The number of ether oxygens (including phenoxy) is 1. The van der Waals surface area contributed by atoms with Crippen molar-refractivity contribution in [2.45, 2.75) is 6.42 Å². The molecule has 1 atom stereocenters. The van der Waals surface area contributed by atoms with Gasteiger partial charge in [0, 0.05) is 6.42 Å². The topological polar surface area (TPSA) is 107 Å². The molecule has 1 N–H and O–H groups in total. The molecule has 0 spiro atoms. The van der Waals surface area contributed by atoms with Crippen molar-refractivity contribution in [2.75, 3.05) is 26.6 Å². The van der Waals surface area contributed by atoms with E-state index >= 15 is 0 Å². The highest BCUT2D eigenvalue weighted by atomic mass is 32.2. The highest BCUT2D eigenvalue weighted by Crippen LogP contribution is 2.11. The number of ketones is 1. The molecule has 0 aliphatic heterocycles. The van der Waals surface area contributed by atoms with Crippen molar-refractivity contribution in [3.05, 3.63) is 0 Å². The van der Waals surface area contributed by atoms with E-state index in [0.29, 0.717) is 0 Å². The normalized spacial score (nSPS) is 13.2. The Balaban J connectivity index is 4.69. The highest BCUT2D eigenvalue weighted by Gasteiger charge is 2.28. The Bertz CT molecular complexity index is 345. The Hall–Kier alpha value is -0.990. The summed E-state index contributed by atoms with van der Waals surface area (Å²) in [6.07, 6.45) is -0.397. The van der Waals surface area contributed by atoms with Crippen molar-refractivity contribution in [1.82, 2.24) is 0 Å². The Morgan fingerprint density at radius 2 is 1.88 bits per heavy atom. The Labute approximate surface area is 93.5 Å². The van der Waals surface area contributed by atoms with Crippen LogP contribution in [-0.2, 0) is 28.6 Å². The molecule has 0 rings (SSSR count). The zero-order valence-corrected chi connectivity index (χ0v) is 9.82. The number of carbonyl (C=O) groups excluding carboxylic acids is 2. The first-order chi connectivity index (χ1) is 7.36. The van der Waals surface area contributed by atoms with E-state index in [1.54, 1.807) is 0 Å². The molecule has 0 fully saturated rings. The number of methoxy groups -OCH3 is 1. The van der Waals surface area contributed by atoms with Crippen LogP contribution in [0.4, 0.5) is 0 Å². The molecule has 94 valence electrons. The van der Waals surface area contributed by atoms with Gasteiger partial charge in [-0.1, -0.05) is 0 Å². The molecule has 0 aromatic heterocycles. The van der Waals surface area contributed by atoms with E-state index in [4.69, 9.17) is 5.11 Å². The van der Waals surface area contributed by atoms with Gasteiger partial charge in [0.1, 0.15) is 6.61 Å². The smallest absolute Gasteiger partial charge is 0.310 e. The van der Waals surface area contributed by atoms with Crippen LogP contribution in [0.2, 0.25) is 0 Å². The van der Waals surface area contributed by atoms with Crippen molar-refractivity contribution in [1.29, 1.82) is 0 Å². The third-order valence-electron chi connectivity index (χ3n) is 1.84. The molecule has 0 aromatic carbocycles. The largest absolute Gasteiger partial charge is 0.469 e. The van der Waals surface area contributed by atoms with E-state index in [1.807, 2.05) is 0 Å². The molecule has 0 radical (unpaired) electrons. The molecule has 0 aromatic rings. The van der Waals surface area contributed by atoms with E-state index in [-0.39, 0.29) is 0 Å². The summed E-state index contributed by atoms with van der Waals surface area (Å²) in [6, 6.07) is 0. The summed E-state index contributed by atoms with van der Waals surface area (Å²) in [6.45, 7) is -0.749. The third-order valence-corrected chi connectivity index (χ3v) is 3.16. The maximum Gasteiger partial charge on any atom is 0.310 e. The minimum atomic E-state index is -3.86. The lowest BCUT2D eigenvalue weighted by Crippen LogP contribution is -2.28. The van der Waals surface area contributed by atoms with Crippen LogP contribution in [0.1, 0.15) is 6.42 Å². The molecule has 16 heavy (non-hydrogen) atoms. The van der Waals surface area contributed by atoms with Crippen molar-refractivity contribution in [2.24, 2.45) is 5.92 Å². The number of esters is 1. The SMILES string of the molecule is COC(=O)C(CC(=O)CO)CS(=O)(=O)OC. The molecule has 1 unspecified atom stereocenters.